The highest BCUT2D eigenvalue weighted by Gasteiger charge is 2.55. The molecule has 0 aromatic carbocycles. The molecule has 96 valence electrons. The molecule has 1 saturated heterocycles. The van der Waals surface area contributed by atoms with Gasteiger partial charge in [0.25, 0.3) is 0 Å². The molecule has 0 amide bonds. The molecule has 0 aromatic heterocycles. The first-order valence-electron chi connectivity index (χ1n) is 5.58. The smallest absolute Gasteiger partial charge is 0.338 e. The van der Waals surface area contributed by atoms with E-state index >= 15 is 0 Å². The molecule has 1 rings (SSSR count). The fourth-order valence-corrected chi connectivity index (χ4v) is 2.38. The Hall–Kier alpha value is -1.36. The lowest BCUT2D eigenvalue weighted by Crippen LogP contribution is -2.66. The maximum absolute atomic E-state index is 12.0. The van der Waals surface area contributed by atoms with Crippen molar-refractivity contribution in [3.63, 3.8) is 0 Å². The van der Waals surface area contributed by atoms with Crippen molar-refractivity contribution in [3.8, 4) is 0 Å². The van der Waals surface area contributed by atoms with E-state index in [0.29, 0.717) is 13.0 Å². The van der Waals surface area contributed by atoms with Crippen molar-refractivity contribution >= 4 is 11.9 Å². The van der Waals surface area contributed by atoms with E-state index in [2.05, 4.69) is 11.9 Å². The SMILES string of the molecule is C=C(C)C1CCCNC1(C(=O)OC)C(=O)OC. The summed E-state index contributed by atoms with van der Waals surface area (Å²) in [5.74, 6) is -1.52. The zero-order valence-electron chi connectivity index (χ0n) is 10.5. The van der Waals surface area contributed by atoms with Gasteiger partial charge in [-0.3, -0.25) is 5.32 Å². The number of esters is 2. The lowest BCUT2D eigenvalue weighted by Gasteiger charge is -2.40. The van der Waals surface area contributed by atoms with Crippen molar-refractivity contribution in [2.24, 2.45) is 5.92 Å². The number of rotatable bonds is 3. The molecule has 0 aliphatic carbocycles. The van der Waals surface area contributed by atoms with E-state index in [9.17, 15) is 9.59 Å². The minimum Gasteiger partial charge on any atom is -0.467 e. The van der Waals surface area contributed by atoms with Crippen LogP contribution in [0.4, 0.5) is 0 Å². The molecule has 0 bridgehead atoms. The second-order valence-electron chi connectivity index (χ2n) is 4.26. The van der Waals surface area contributed by atoms with Gasteiger partial charge in [0, 0.05) is 5.92 Å². The van der Waals surface area contributed by atoms with E-state index in [0.717, 1.165) is 12.0 Å². The van der Waals surface area contributed by atoms with Crippen LogP contribution in [-0.2, 0) is 19.1 Å². The maximum Gasteiger partial charge on any atom is 0.338 e. The Balaban J connectivity index is 3.21. The van der Waals surface area contributed by atoms with Crippen molar-refractivity contribution in [2.45, 2.75) is 25.3 Å². The summed E-state index contributed by atoms with van der Waals surface area (Å²) < 4.78 is 9.51. The summed E-state index contributed by atoms with van der Waals surface area (Å²) in [6, 6.07) is 0. The van der Waals surface area contributed by atoms with Crippen LogP contribution in [0.1, 0.15) is 19.8 Å². The normalized spacial score (nSPS) is 22.6. The lowest BCUT2D eigenvalue weighted by atomic mass is 9.74. The summed E-state index contributed by atoms with van der Waals surface area (Å²) in [6.07, 6.45) is 1.60. The van der Waals surface area contributed by atoms with Gasteiger partial charge in [0.1, 0.15) is 0 Å². The van der Waals surface area contributed by atoms with Crippen LogP contribution in [0.3, 0.4) is 0 Å². The number of methoxy groups -OCH3 is 2. The molecule has 0 aromatic rings. The van der Waals surface area contributed by atoms with Crippen LogP contribution in [0.15, 0.2) is 12.2 Å². The van der Waals surface area contributed by atoms with Gasteiger partial charge < -0.3 is 9.47 Å². The van der Waals surface area contributed by atoms with Crippen molar-refractivity contribution in [1.29, 1.82) is 0 Å². The highest BCUT2D eigenvalue weighted by atomic mass is 16.5. The molecular formula is C12H19NO4. The van der Waals surface area contributed by atoms with Crippen molar-refractivity contribution < 1.29 is 19.1 Å². The quantitative estimate of drug-likeness (QED) is 0.446. The molecule has 0 spiro atoms. The molecular weight excluding hydrogens is 222 g/mol. The van der Waals surface area contributed by atoms with Gasteiger partial charge in [0.2, 0.25) is 5.54 Å². The molecule has 17 heavy (non-hydrogen) atoms. The minimum absolute atomic E-state index is 0.295. The van der Waals surface area contributed by atoms with E-state index in [1.54, 1.807) is 6.92 Å². The van der Waals surface area contributed by atoms with Crippen LogP contribution in [0.5, 0.6) is 0 Å². The molecule has 5 nitrogen and oxygen atoms in total. The molecule has 1 fully saturated rings. The summed E-state index contributed by atoms with van der Waals surface area (Å²) in [4.78, 5) is 24.0. The Morgan fingerprint density at radius 3 is 2.24 bits per heavy atom. The van der Waals surface area contributed by atoms with E-state index in [4.69, 9.17) is 9.47 Å². The molecule has 1 heterocycles. The lowest BCUT2D eigenvalue weighted by molar-refractivity contribution is -0.167. The summed E-state index contributed by atoms with van der Waals surface area (Å²) >= 11 is 0. The predicted molar refractivity (Wildman–Crippen MR) is 62.3 cm³/mol. The standard InChI is InChI=1S/C12H19NO4/c1-8(2)9-6-5-7-13-12(9,10(14)16-3)11(15)17-4/h9,13H,1,5-7H2,2-4H3. The van der Waals surface area contributed by atoms with Crippen LogP contribution in [0, 0.1) is 5.92 Å². The van der Waals surface area contributed by atoms with E-state index in [-0.39, 0.29) is 5.92 Å². The third-order valence-corrected chi connectivity index (χ3v) is 3.21. The van der Waals surface area contributed by atoms with Crippen molar-refractivity contribution in [2.75, 3.05) is 20.8 Å². The molecule has 1 N–H and O–H groups in total. The van der Waals surface area contributed by atoms with Gasteiger partial charge in [-0.2, -0.15) is 0 Å². The molecule has 0 saturated carbocycles. The summed E-state index contributed by atoms with van der Waals surface area (Å²) in [6.45, 7) is 6.23. The van der Waals surface area contributed by atoms with Gasteiger partial charge in [0.15, 0.2) is 0 Å². The molecule has 1 aliphatic heterocycles. The monoisotopic (exact) mass is 241 g/mol. The largest absolute Gasteiger partial charge is 0.467 e. The number of ether oxygens (including phenoxy) is 2. The molecule has 1 aliphatic rings. The van der Waals surface area contributed by atoms with Crippen LogP contribution in [0.25, 0.3) is 0 Å². The average Bonchev–Trinajstić information content (AvgIpc) is 2.36. The fraction of sp³-hybridized carbons (Fsp3) is 0.667. The Labute approximate surface area is 101 Å². The number of hydrogen-bond acceptors (Lipinski definition) is 5. The van der Waals surface area contributed by atoms with Gasteiger partial charge >= 0.3 is 11.9 Å². The van der Waals surface area contributed by atoms with Crippen LogP contribution >= 0.6 is 0 Å². The van der Waals surface area contributed by atoms with Gasteiger partial charge in [-0.05, 0) is 26.3 Å². The van der Waals surface area contributed by atoms with Crippen molar-refractivity contribution in [1.82, 2.24) is 5.32 Å². The second-order valence-corrected chi connectivity index (χ2v) is 4.26. The first-order chi connectivity index (χ1) is 8.00. The summed E-state index contributed by atoms with van der Waals surface area (Å²) in [7, 11) is 2.53. The van der Waals surface area contributed by atoms with Gasteiger partial charge in [-0.15, -0.1) is 0 Å². The third kappa shape index (κ3) is 2.20. The molecule has 0 radical (unpaired) electrons. The highest BCUT2D eigenvalue weighted by molar-refractivity contribution is 6.06. The predicted octanol–water partition coefficient (Wildman–Crippen LogP) is 0.647. The Morgan fingerprint density at radius 2 is 1.82 bits per heavy atom. The molecule has 1 unspecified atom stereocenters. The second kappa shape index (κ2) is 5.31. The van der Waals surface area contributed by atoms with Gasteiger partial charge in [-0.1, -0.05) is 12.2 Å². The average molecular weight is 241 g/mol. The van der Waals surface area contributed by atoms with Crippen LogP contribution < -0.4 is 5.32 Å². The molecule has 5 heteroatoms. The number of nitrogens with one attached hydrogen (secondary N) is 1. The zero-order chi connectivity index (χ0) is 13.1. The van der Waals surface area contributed by atoms with E-state index in [1.165, 1.54) is 14.2 Å². The summed E-state index contributed by atoms with van der Waals surface area (Å²) in [5, 5.41) is 2.96. The first kappa shape index (κ1) is 13.7. The number of hydrogen-bond donors (Lipinski definition) is 1. The van der Waals surface area contributed by atoms with Gasteiger partial charge in [-0.25, -0.2) is 9.59 Å². The fourth-order valence-electron chi connectivity index (χ4n) is 2.38. The Morgan fingerprint density at radius 1 is 1.29 bits per heavy atom. The number of carbonyl (C=O) groups is 2. The first-order valence-corrected chi connectivity index (χ1v) is 5.58. The third-order valence-electron chi connectivity index (χ3n) is 3.21. The van der Waals surface area contributed by atoms with E-state index in [1.807, 2.05) is 0 Å². The van der Waals surface area contributed by atoms with Crippen LogP contribution in [-0.4, -0.2) is 38.2 Å². The Bertz CT molecular complexity index is 321. The molecule has 1 atom stereocenters. The van der Waals surface area contributed by atoms with E-state index < -0.39 is 17.5 Å². The Kier molecular flexibility index (Phi) is 4.28. The van der Waals surface area contributed by atoms with Gasteiger partial charge in [0.05, 0.1) is 14.2 Å². The highest BCUT2D eigenvalue weighted by Crippen LogP contribution is 2.33. The van der Waals surface area contributed by atoms with Crippen molar-refractivity contribution in [3.05, 3.63) is 12.2 Å². The van der Waals surface area contributed by atoms with Crippen LogP contribution in [0.2, 0.25) is 0 Å². The number of piperidine rings is 1. The maximum atomic E-state index is 12.0. The minimum atomic E-state index is -1.44. The summed E-state index contributed by atoms with van der Waals surface area (Å²) in [5.41, 5.74) is -0.666. The number of carbonyl (C=O) groups excluding carboxylic acids is 2. The topological polar surface area (TPSA) is 64.6 Å². The zero-order valence-corrected chi connectivity index (χ0v) is 10.5.